The average molecular weight is 560 g/mol. The van der Waals surface area contributed by atoms with Crippen molar-refractivity contribution in [3.05, 3.63) is 64.5 Å². The van der Waals surface area contributed by atoms with E-state index < -0.39 is 29.9 Å². The molecule has 3 aliphatic heterocycles. The van der Waals surface area contributed by atoms with Gasteiger partial charge in [-0.2, -0.15) is 0 Å². The largest absolute Gasteiger partial charge is 0.386 e. The molecule has 0 saturated carbocycles. The van der Waals surface area contributed by atoms with Crippen molar-refractivity contribution in [1.29, 1.82) is 0 Å². The Morgan fingerprint density at radius 3 is 2.73 bits per heavy atom. The van der Waals surface area contributed by atoms with Gasteiger partial charge >= 0.3 is 0 Å². The van der Waals surface area contributed by atoms with Gasteiger partial charge in [-0.25, -0.2) is 9.98 Å². The summed E-state index contributed by atoms with van der Waals surface area (Å²) in [4.78, 5) is 41.4. The van der Waals surface area contributed by atoms with Gasteiger partial charge in [0.25, 0.3) is 11.8 Å². The zero-order valence-electron chi connectivity index (χ0n) is 23.5. The number of nitrogens with zero attached hydrogens (tertiary/aromatic N) is 4. The van der Waals surface area contributed by atoms with Crippen LogP contribution in [0.4, 0.5) is 0 Å². The number of fused-ring (bicyclic) bond motifs is 1. The van der Waals surface area contributed by atoms with Gasteiger partial charge in [0.05, 0.1) is 12.1 Å². The molecule has 0 radical (unpaired) electrons. The van der Waals surface area contributed by atoms with E-state index in [0.717, 1.165) is 30.4 Å². The van der Waals surface area contributed by atoms with E-state index in [9.17, 15) is 14.7 Å². The molecule has 1 spiro atoms. The fourth-order valence-electron chi connectivity index (χ4n) is 6.88. The van der Waals surface area contributed by atoms with Crippen molar-refractivity contribution in [3.63, 3.8) is 0 Å². The maximum Gasteiger partial charge on any atom is 0.269 e. The van der Waals surface area contributed by atoms with Crippen molar-refractivity contribution in [2.45, 2.75) is 75.3 Å². The number of rotatable bonds is 5. The number of aliphatic hydroxyl groups is 1. The standard InChI is InChI=1S/C29H37N9O3/c1-15-9-10-19(32-12-15)25(41)33-13-20-22-29(37-26(30)36-22)23(39)21(14-38(29)27(31)35-20)34-24(40)17-6-4-8-18-16(17)7-5-11-28(18,2)3/h4,6,8-10,12,20-23,39H,5,7,11,13-14H2,1-3H3,(H2,31,35)(H,33,41)(H,34,40)(H3,30,36,37)/t20-,21?,22?,23+,29?/m0/s1. The summed E-state index contributed by atoms with van der Waals surface area (Å²) in [6.07, 6.45) is 3.42. The summed E-state index contributed by atoms with van der Waals surface area (Å²) in [6, 6.07) is 7.39. The number of nitrogens with one attached hydrogen (secondary N) is 3. The van der Waals surface area contributed by atoms with E-state index in [1.807, 2.05) is 25.1 Å². The monoisotopic (exact) mass is 559 g/mol. The number of nitrogens with two attached hydrogens (primary N) is 2. The van der Waals surface area contributed by atoms with Crippen molar-refractivity contribution in [1.82, 2.24) is 25.8 Å². The van der Waals surface area contributed by atoms with Crippen LogP contribution in [0.1, 0.15) is 64.2 Å². The molecule has 4 aliphatic rings. The number of pyridine rings is 1. The van der Waals surface area contributed by atoms with E-state index >= 15 is 0 Å². The average Bonchev–Trinajstić information content (AvgIpc) is 3.43. The first kappa shape index (κ1) is 27.0. The third-order valence-corrected chi connectivity index (χ3v) is 8.97. The van der Waals surface area contributed by atoms with Crippen LogP contribution in [0.5, 0.6) is 0 Å². The summed E-state index contributed by atoms with van der Waals surface area (Å²) in [5, 5.41) is 20.8. The van der Waals surface area contributed by atoms with Gasteiger partial charge in [-0.3, -0.25) is 14.6 Å². The van der Waals surface area contributed by atoms with Crippen molar-refractivity contribution >= 4 is 23.7 Å². The summed E-state index contributed by atoms with van der Waals surface area (Å²) in [5.41, 5.74) is 15.5. The second-order valence-corrected chi connectivity index (χ2v) is 12.1. The number of guanidine groups is 2. The number of aromatic nitrogens is 1. The first-order valence-corrected chi connectivity index (χ1v) is 14.1. The van der Waals surface area contributed by atoms with Crippen LogP contribution in [-0.2, 0) is 11.8 Å². The zero-order valence-corrected chi connectivity index (χ0v) is 23.5. The highest BCUT2D eigenvalue weighted by molar-refractivity contribution is 5.97. The predicted molar refractivity (Wildman–Crippen MR) is 154 cm³/mol. The minimum atomic E-state index is -1.22. The van der Waals surface area contributed by atoms with Crippen LogP contribution in [0.15, 0.2) is 46.5 Å². The molecule has 4 heterocycles. The summed E-state index contributed by atoms with van der Waals surface area (Å²) in [7, 11) is 0. The van der Waals surface area contributed by atoms with Crippen molar-refractivity contribution in [2.75, 3.05) is 13.1 Å². The number of aryl methyl sites for hydroxylation is 1. The van der Waals surface area contributed by atoms with E-state index in [1.54, 1.807) is 17.2 Å². The topological polar surface area (TPSA) is 183 Å². The summed E-state index contributed by atoms with van der Waals surface area (Å²) >= 11 is 0. The number of hydrogen-bond acceptors (Lipinski definition) is 10. The molecule has 0 bridgehead atoms. The first-order valence-electron chi connectivity index (χ1n) is 14.1. The van der Waals surface area contributed by atoms with Gasteiger partial charge in [-0.15, -0.1) is 0 Å². The van der Waals surface area contributed by atoms with Gasteiger partial charge in [-0.1, -0.05) is 32.0 Å². The van der Waals surface area contributed by atoms with Gasteiger partial charge in [0.2, 0.25) is 0 Å². The third-order valence-electron chi connectivity index (χ3n) is 8.97. The molecule has 2 aromatic rings. The maximum atomic E-state index is 13.6. The highest BCUT2D eigenvalue weighted by Gasteiger charge is 2.65. The molecule has 2 amide bonds. The Morgan fingerprint density at radius 2 is 1.98 bits per heavy atom. The third kappa shape index (κ3) is 4.37. The van der Waals surface area contributed by atoms with Gasteiger partial charge in [-0.05, 0) is 60.4 Å². The smallest absolute Gasteiger partial charge is 0.269 e. The Labute approximate surface area is 238 Å². The molecule has 5 atom stereocenters. The molecule has 41 heavy (non-hydrogen) atoms. The van der Waals surface area contributed by atoms with E-state index in [4.69, 9.17) is 11.5 Å². The second-order valence-electron chi connectivity index (χ2n) is 12.1. The quantitative estimate of drug-likeness (QED) is 0.293. The Hall–Kier alpha value is -4.19. The highest BCUT2D eigenvalue weighted by atomic mass is 16.3. The van der Waals surface area contributed by atoms with Gasteiger partial charge in [0.15, 0.2) is 17.6 Å². The number of carbonyl (C=O) groups is 2. The molecule has 1 aliphatic carbocycles. The maximum absolute atomic E-state index is 13.6. The Kier molecular flexibility index (Phi) is 6.40. The van der Waals surface area contributed by atoms with Gasteiger partial charge < -0.3 is 37.4 Å². The fourth-order valence-corrected chi connectivity index (χ4v) is 6.88. The molecule has 1 fully saturated rings. The van der Waals surface area contributed by atoms with Crippen LogP contribution in [0, 0.1) is 6.92 Å². The normalized spacial score (nSPS) is 29.3. The SMILES string of the molecule is Cc1ccc(C(=O)NC[C@@H]2N=C(N)N3CC(NC(=O)c4cccc5c4CCCC5(C)C)[C@@H](O)C34NC(N)=NC24)nc1. The van der Waals surface area contributed by atoms with Gasteiger partial charge in [0, 0.05) is 24.8 Å². The van der Waals surface area contributed by atoms with Crippen molar-refractivity contribution < 1.29 is 14.7 Å². The Morgan fingerprint density at radius 1 is 1.17 bits per heavy atom. The highest BCUT2D eigenvalue weighted by Crippen LogP contribution is 2.41. The van der Waals surface area contributed by atoms with E-state index in [-0.39, 0.29) is 47.9 Å². The fraction of sp³-hybridized carbons (Fsp3) is 0.483. The lowest BCUT2D eigenvalue weighted by molar-refractivity contribution is 0.0144. The molecular weight excluding hydrogens is 522 g/mol. The number of benzene rings is 1. The summed E-state index contributed by atoms with van der Waals surface area (Å²) in [6.45, 7) is 6.62. The lowest BCUT2D eigenvalue weighted by atomic mass is 9.71. The van der Waals surface area contributed by atoms with E-state index in [0.29, 0.717) is 5.56 Å². The molecule has 8 N–H and O–H groups in total. The zero-order chi connectivity index (χ0) is 29.1. The molecule has 216 valence electrons. The number of amides is 2. The number of hydrogen-bond donors (Lipinski definition) is 6. The molecule has 1 aromatic carbocycles. The summed E-state index contributed by atoms with van der Waals surface area (Å²) < 4.78 is 0. The predicted octanol–water partition coefficient (Wildman–Crippen LogP) is -0.111. The number of carbonyl (C=O) groups excluding carboxylic acids is 2. The lowest BCUT2D eigenvalue weighted by Gasteiger charge is -2.46. The molecular formula is C29H37N9O3. The van der Waals surface area contributed by atoms with Crippen LogP contribution in [0.25, 0.3) is 0 Å². The van der Waals surface area contributed by atoms with Crippen LogP contribution in [0.2, 0.25) is 0 Å². The first-order chi connectivity index (χ1) is 19.5. The molecule has 1 aromatic heterocycles. The minimum Gasteiger partial charge on any atom is -0.386 e. The minimum absolute atomic E-state index is 0.00290. The lowest BCUT2D eigenvalue weighted by Crippen LogP contribution is -2.73. The Bertz CT molecular complexity index is 1450. The van der Waals surface area contributed by atoms with Crippen LogP contribution >= 0.6 is 0 Å². The van der Waals surface area contributed by atoms with Crippen LogP contribution < -0.4 is 27.4 Å². The number of aliphatic hydroxyl groups excluding tert-OH is 1. The van der Waals surface area contributed by atoms with Crippen molar-refractivity contribution in [3.8, 4) is 0 Å². The summed E-state index contributed by atoms with van der Waals surface area (Å²) in [5.74, 6) is -0.300. The molecule has 1 saturated heterocycles. The Balaban J connectivity index is 1.22. The molecule has 12 nitrogen and oxygen atoms in total. The number of aliphatic imine (C=N–C) groups is 2. The molecule has 6 rings (SSSR count). The van der Waals surface area contributed by atoms with Gasteiger partial charge in [0.1, 0.15) is 17.8 Å². The molecule has 3 unspecified atom stereocenters. The van der Waals surface area contributed by atoms with E-state index in [2.05, 4.69) is 50.8 Å². The van der Waals surface area contributed by atoms with E-state index in [1.165, 1.54) is 5.56 Å². The second kappa shape index (κ2) is 9.72. The van der Waals surface area contributed by atoms with Crippen LogP contribution in [-0.4, -0.2) is 81.7 Å². The molecule has 12 heteroatoms. The van der Waals surface area contributed by atoms with Crippen molar-refractivity contribution in [2.24, 2.45) is 21.5 Å². The van der Waals surface area contributed by atoms with Crippen LogP contribution in [0.3, 0.4) is 0 Å².